The first-order valence-electron chi connectivity index (χ1n) is 14.5. The maximum absolute atomic E-state index is 13.6. The molecule has 1 N–H and O–H groups in total. The van der Waals surface area contributed by atoms with Crippen LogP contribution in [0, 0.1) is 12.8 Å². The van der Waals surface area contributed by atoms with Gasteiger partial charge in [-0.05, 0) is 61.0 Å². The molecular weight excluding hydrogens is 562 g/mol. The number of carbonyl (C=O) groups excluding carboxylic acids is 3. The van der Waals surface area contributed by atoms with Gasteiger partial charge in [0.2, 0.25) is 5.91 Å². The summed E-state index contributed by atoms with van der Waals surface area (Å²) < 4.78 is 9.04. The summed E-state index contributed by atoms with van der Waals surface area (Å²) in [5.74, 6) is 0.344. The number of aryl methyl sites for hydroxylation is 1. The van der Waals surface area contributed by atoms with E-state index < -0.39 is 11.5 Å². The third-order valence-electron chi connectivity index (χ3n) is 8.06. The highest BCUT2D eigenvalue weighted by molar-refractivity contribution is 5.95. The Balaban J connectivity index is 1.23. The lowest BCUT2D eigenvalue weighted by atomic mass is 9.99. The summed E-state index contributed by atoms with van der Waals surface area (Å²) >= 11 is 0. The standard InChI is InChI=1S/C32H33N7O5/c1-21-5-3-6-26(15-21)44-25-10-8-22(9-11-25)30(41)38-17-23-16-29(40)33-12-14-36(2)31(42)27-7-4-13-37(32(27)43)18-24-19-39(35-34-24)28(23)20-38/h3-11,13,15,19,23,28H,12,14,16-18,20H2,1-2H3,(H,33,40)/t23-,28+/m0/s1. The molecule has 3 amide bonds. The van der Waals surface area contributed by atoms with Crippen molar-refractivity contribution in [3.05, 3.63) is 106 Å². The first kappa shape index (κ1) is 28.8. The second-order valence-corrected chi connectivity index (χ2v) is 11.3. The van der Waals surface area contributed by atoms with Crippen LogP contribution >= 0.6 is 0 Å². The van der Waals surface area contributed by atoms with Gasteiger partial charge in [0.05, 0.1) is 18.8 Å². The van der Waals surface area contributed by atoms with E-state index in [0.29, 0.717) is 30.1 Å². The Kier molecular flexibility index (Phi) is 7.97. The number of aromatic nitrogens is 4. The van der Waals surface area contributed by atoms with Crippen LogP contribution in [-0.4, -0.2) is 80.3 Å². The van der Waals surface area contributed by atoms with Crippen molar-refractivity contribution in [2.24, 2.45) is 5.92 Å². The molecule has 0 spiro atoms. The van der Waals surface area contributed by atoms with Crippen molar-refractivity contribution in [3.8, 4) is 11.5 Å². The van der Waals surface area contributed by atoms with Crippen molar-refractivity contribution >= 4 is 17.7 Å². The lowest BCUT2D eigenvalue weighted by molar-refractivity contribution is -0.122. The van der Waals surface area contributed by atoms with Gasteiger partial charge in [-0.2, -0.15) is 0 Å². The molecule has 2 aromatic heterocycles. The minimum Gasteiger partial charge on any atom is -0.457 e. The van der Waals surface area contributed by atoms with E-state index in [-0.39, 0.29) is 55.4 Å². The quantitative estimate of drug-likeness (QED) is 0.385. The molecule has 0 radical (unpaired) electrons. The number of hydrogen-bond acceptors (Lipinski definition) is 7. The fraction of sp³-hybridized carbons (Fsp3) is 0.312. The first-order chi connectivity index (χ1) is 21.2. The zero-order valence-electron chi connectivity index (χ0n) is 24.6. The topological polar surface area (TPSA) is 132 Å². The minimum atomic E-state index is -0.430. The van der Waals surface area contributed by atoms with E-state index in [1.54, 1.807) is 59.4 Å². The van der Waals surface area contributed by atoms with Crippen molar-refractivity contribution < 1.29 is 19.1 Å². The van der Waals surface area contributed by atoms with Crippen LogP contribution in [0.4, 0.5) is 0 Å². The Hall–Kier alpha value is -5.26. The molecule has 2 atom stereocenters. The Labute approximate surface area is 253 Å². The van der Waals surface area contributed by atoms with Crippen molar-refractivity contribution in [2.75, 3.05) is 33.2 Å². The average molecular weight is 596 g/mol. The summed E-state index contributed by atoms with van der Waals surface area (Å²) in [4.78, 5) is 55.8. The maximum Gasteiger partial charge on any atom is 0.263 e. The Morgan fingerprint density at radius 1 is 1.00 bits per heavy atom. The van der Waals surface area contributed by atoms with E-state index >= 15 is 0 Å². The van der Waals surface area contributed by atoms with Gasteiger partial charge in [-0.25, -0.2) is 4.68 Å². The highest BCUT2D eigenvalue weighted by Gasteiger charge is 2.38. The SMILES string of the molecule is Cc1cccc(Oc2ccc(C(=O)N3C[C@@H]4CC(=O)NCCN(C)C(=O)c5cccn(c5=O)Cc5cn(nn5)[C@@H]4C3)cc2)c1. The Bertz CT molecular complexity index is 1760. The lowest BCUT2D eigenvalue weighted by Crippen LogP contribution is -2.39. The first-order valence-corrected chi connectivity index (χ1v) is 14.5. The predicted molar refractivity (Wildman–Crippen MR) is 161 cm³/mol. The highest BCUT2D eigenvalue weighted by atomic mass is 16.5. The third-order valence-corrected chi connectivity index (χ3v) is 8.06. The van der Waals surface area contributed by atoms with E-state index in [9.17, 15) is 19.2 Å². The number of amides is 3. The van der Waals surface area contributed by atoms with Gasteiger partial charge < -0.3 is 24.4 Å². The van der Waals surface area contributed by atoms with Gasteiger partial charge in [-0.1, -0.05) is 17.3 Å². The fourth-order valence-corrected chi connectivity index (χ4v) is 5.71. The van der Waals surface area contributed by atoms with Gasteiger partial charge in [0.25, 0.3) is 17.4 Å². The van der Waals surface area contributed by atoms with E-state index in [2.05, 4.69) is 15.6 Å². The number of likely N-dealkylation sites (N-methyl/N-ethyl adjacent to an activating group) is 1. The van der Waals surface area contributed by atoms with E-state index in [0.717, 1.165) is 11.3 Å². The largest absolute Gasteiger partial charge is 0.457 e. The molecule has 4 heterocycles. The second-order valence-electron chi connectivity index (χ2n) is 11.3. The average Bonchev–Trinajstić information content (AvgIpc) is 3.64. The summed E-state index contributed by atoms with van der Waals surface area (Å²) in [6, 6.07) is 17.6. The number of likely N-dealkylation sites (tertiary alicyclic amines) is 1. The molecule has 1 fully saturated rings. The molecule has 4 aromatic rings. The third kappa shape index (κ3) is 6.10. The van der Waals surface area contributed by atoms with E-state index in [4.69, 9.17) is 4.74 Å². The number of hydrogen-bond donors (Lipinski definition) is 1. The van der Waals surface area contributed by atoms with Crippen molar-refractivity contribution in [1.82, 2.24) is 34.7 Å². The molecule has 226 valence electrons. The normalized spacial score (nSPS) is 19.0. The van der Waals surface area contributed by atoms with Crippen LogP contribution in [0.25, 0.3) is 0 Å². The number of carbonyl (C=O) groups is 3. The molecule has 0 aliphatic carbocycles. The molecular formula is C32H33N7O5. The Morgan fingerprint density at radius 2 is 1.82 bits per heavy atom. The predicted octanol–water partition coefficient (Wildman–Crippen LogP) is 2.49. The van der Waals surface area contributed by atoms with Gasteiger partial charge >= 0.3 is 0 Å². The van der Waals surface area contributed by atoms with Crippen LogP contribution in [0.3, 0.4) is 0 Å². The van der Waals surface area contributed by atoms with Gasteiger partial charge in [0, 0.05) is 57.3 Å². The summed E-state index contributed by atoms with van der Waals surface area (Å²) in [5, 5.41) is 11.5. The summed E-state index contributed by atoms with van der Waals surface area (Å²) in [6.45, 7) is 3.28. The van der Waals surface area contributed by atoms with Crippen LogP contribution < -0.4 is 15.6 Å². The molecule has 12 heteroatoms. The number of benzene rings is 2. The highest BCUT2D eigenvalue weighted by Crippen LogP contribution is 2.32. The Morgan fingerprint density at radius 3 is 2.61 bits per heavy atom. The van der Waals surface area contributed by atoms with Crippen molar-refractivity contribution in [2.45, 2.75) is 25.9 Å². The molecule has 0 unspecified atom stereocenters. The van der Waals surface area contributed by atoms with Gasteiger partial charge in [0.1, 0.15) is 22.8 Å². The number of fused-ring (bicyclic) bond motifs is 6. The summed E-state index contributed by atoms with van der Waals surface area (Å²) in [5.41, 5.74) is 1.73. The molecule has 2 aliphatic heterocycles. The van der Waals surface area contributed by atoms with Crippen LogP contribution in [0.15, 0.2) is 77.9 Å². The second kappa shape index (κ2) is 12.2. The number of ether oxygens (including phenoxy) is 1. The smallest absolute Gasteiger partial charge is 0.263 e. The molecule has 2 aliphatic rings. The van der Waals surface area contributed by atoms with Gasteiger partial charge in [-0.15, -0.1) is 5.10 Å². The zero-order valence-corrected chi connectivity index (χ0v) is 24.6. The zero-order chi connectivity index (χ0) is 30.8. The fourth-order valence-electron chi connectivity index (χ4n) is 5.71. The van der Waals surface area contributed by atoms with Crippen molar-refractivity contribution in [3.63, 3.8) is 0 Å². The van der Waals surface area contributed by atoms with Crippen LogP contribution in [0.2, 0.25) is 0 Å². The number of pyridine rings is 1. The van der Waals surface area contributed by atoms with Crippen LogP contribution in [-0.2, 0) is 11.3 Å². The molecule has 12 nitrogen and oxygen atoms in total. The number of nitrogens with zero attached hydrogens (tertiary/aromatic N) is 6. The lowest BCUT2D eigenvalue weighted by Gasteiger charge is -2.20. The molecule has 44 heavy (non-hydrogen) atoms. The van der Waals surface area contributed by atoms with Gasteiger partial charge in [-0.3, -0.25) is 19.2 Å². The summed E-state index contributed by atoms with van der Waals surface area (Å²) in [6.07, 6.45) is 3.51. The maximum atomic E-state index is 13.6. The minimum absolute atomic E-state index is 0.0422. The molecule has 1 saturated heterocycles. The van der Waals surface area contributed by atoms with Crippen LogP contribution in [0.5, 0.6) is 11.5 Å². The number of nitrogens with one attached hydrogen (secondary N) is 1. The summed E-state index contributed by atoms with van der Waals surface area (Å²) in [7, 11) is 1.59. The van der Waals surface area contributed by atoms with E-state index in [1.807, 2.05) is 31.2 Å². The van der Waals surface area contributed by atoms with Gasteiger partial charge in [0.15, 0.2) is 0 Å². The molecule has 4 bridgehead atoms. The monoisotopic (exact) mass is 595 g/mol. The van der Waals surface area contributed by atoms with E-state index in [1.165, 1.54) is 15.5 Å². The molecule has 6 rings (SSSR count). The van der Waals surface area contributed by atoms with Crippen molar-refractivity contribution in [1.29, 1.82) is 0 Å². The van der Waals surface area contributed by atoms with Crippen LogP contribution in [0.1, 0.15) is 44.4 Å². The molecule has 0 saturated carbocycles. The number of rotatable bonds is 3. The molecule has 2 aromatic carbocycles.